The average molecular weight is 288 g/mol. The number of rotatable bonds is 7. The van der Waals surface area contributed by atoms with Crippen LogP contribution in [0.5, 0.6) is 5.88 Å². The Bertz CT molecular complexity index is 453. The Balaban J connectivity index is 2.62. The van der Waals surface area contributed by atoms with Crippen molar-refractivity contribution in [2.24, 2.45) is 5.41 Å². The van der Waals surface area contributed by atoms with Gasteiger partial charge >= 0.3 is 0 Å². The summed E-state index contributed by atoms with van der Waals surface area (Å²) in [5.41, 5.74) is -0.370. The molecule has 0 atom stereocenters. The smallest absolute Gasteiger partial charge is 0.272 e. The van der Waals surface area contributed by atoms with E-state index in [1.165, 1.54) is 18.2 Å². The molecule has 0 aliphatic rings. The fraction of sp³-hybridized carbons (Fsp3) is 0.538. The first-order chi connectivity index (χ1) is 9.34. The topological polar surface area (TPSA) is 71.5 Å². The molecule has 20 heavy (non-hydrogen) atoms. The molecule has 0 saturated heterocycles. The summed E-state index contributed by atoms with van der Waals surface area (Å²) >= 11 is 0. The van der Waals surface area contributed by atoms with Crippen molar-refractivity contribution in [2.45, 2.75) is 20.3 Å². The van der Waals surface area contributed by atoms with E-state index in [-0.39, 0.29) is 24.7 Å². The molecule has 5 nitrogen and oxygen atoms in total. The number of alkyl halides is 2. The second-order valence-corrected chi connectivity index (χ2v) is 5.07. The van der Waals surface area contributed by atoms with Gasteiger partial charge in [0.25, 0.3) is 12.3 Å². The van der Waals surface area contributed by atoms with Crippen molar-refractivity contribution in [2.75, 3.05) is 19.8 Å². The minimum Gasteiger partial charge on any atom is -0.472 e. The molecule has 1 aromatic rings. The third kappa shape index (κ3) is 5.48. The first-order valence-electron chi connectivity index (χ1n) is 6.11. The molecule has 7 heteroatoms. The maximum atomic E-state index is 12.0. The quantitative estimate of drug-likeness (QED) is 0.797. The van der Waals surface area contributed by atoms with E-state index in [9.17, 15) is 13.6 Å². The monoisotopic (exact) mass is 288 g/mol. The Hall–Kier alpha value is -1.76. The Labute approximate surface area is 116 Å². The van der Waals surface area contributed by atoms with Crippen molar-refractivity contribution >= 4 is 5.91 Å². The summed E-state index contributed by atoms with van der Waals surface area (Å²) in [5.74, 6) is -0.478. The van der Waals surface area contributed by atoms with E-state index in [0.717, 1.165) is 0 Å². The zero-order valence-electron chi connectivity index (χ0n) is 11.4. The summed E-state index contributed by atoms with van der Waals surface area (Å²) in [6.07, 6.45) is -2.60. The van der Waals surface area contributed by atoms with Gasteiger partial charge in [-0.1, -0.05) is 19.9 Å². The number of nitrogens with one attached hydrogen (secondary N) is 1. The Morgan fingerprint density at radius 1 is 1.50 bits per heavy atom. The molecule has 112 valence electrons. The minimum absolute atomic E-state index is 0.0284. The van der Waals surface area contributed by atoms with Crippen LogP contribution in [0.2, 0.25) is 0 Å². The number of amides is 1. The number of hydrogen-bond acceptors (Lipinski definition) is 4. The summed E-state index contributed by atoms with van der Waals surface area (Å²) in [4.78, 5) is 15.7. The highest BCUT2D eigenvalue weighted by Crippen LogP contribution is 2.12. The second kappa shape index (κ2) is 7.14. The molecule has 0 spiro atoms. The van der Waals surface area contributed by atoms with Gasteiger partial charge in [0.1, 0.15) is 5.69 Å². The lowest BCUT2D eigenvalue weighted by Crippen LogP contribution is -2.36. The lowest BCUT2D eigenvalue weighted by molar-refractivity contribution is 0.0791. The maximum absolute atomic E-state index is 12.0. The first-order valence-corrected chi connectivity index (χ1v) is 6.11. The van der Waals surface area contributed by atoms with E-state index in [0.29, 0.717) is 0 Å². The van der Waals surface area contributed by atoms with Crippen LogP contribution in [0.25, 0.3) is 0 Å². The van der Waals surface area contributed by atoms with E-state index < -0.39 is 24.4 Å². The molecule has 0 aliphatic carbocycles. The molecule has 0 radical (unpaired) electrons. The van der Waals surface area contributed by atoms with E-state index in [1.54, 1.807) is 13.8 Å². The van der Waals surface area contributed by atoms with Crippen molar-refractivity contribution in [3.05, 3.63) is 23.9 Å². The molecule has 0 unspecified atom stereocenters. The molecular formula is C13H18F2N2O3. The zero-order valence-corrected chi connectivity index (χ0v) is 11.4. The van der Waals surface area contributed by atoms with Gasteiger partial charge in [0.15, 0.2) is 6.61 Å². The molecule has 2 N–H and O–H groups in total. The van der Waals surface area contributed by atoms with Crippen molar-refractivity contribution in [1.82, 2.24) is 10.3 Å². The van der Waals surface area contributed by atoms with Crippen LogP contribution in [0.3, 0.4) is 0 Å². The predicted octanol–water partition coefficient (Wildman–Crippen LogP) is 1.47. The number of hydrogen-bond donors (Lipinski definition) is 2. The fourth-order valence-corrected chi connectivity index (χ4v) is 1.24. The highest BCUT2D eigenvalue weighted by Gasteiger charge is 2.18. The van der Waals surface area contributed by atoms with Crippen LogP contribution in [0.4, 0.5) is 8.78 Å². The molecule has 1 rings (SSSR count). The summed E-state index contributed by atoms with van der Waals surface area (Å²) < 4.78 is 28.8. The minimum atomic E-state index is -2.60. The molecule has 1 amide bonds. The van der Waals surface area contributed by atoms with Crippen molar-refractivity contribution in [1.29, 1.82) is 0 Å². The second-order valence-electron chi connectivity index (χ2n) is 5.07. The summed E-state index contributed by atoms with van der Waals surface area (Å²) in [7, 11) is 0. The van der Waals surface area contributed by atoms with Gasteiger partial charge < -0.3 is 15.2 Å². The number of pyridine rings is 1. The highest BCUT2D eigenvalue weighted by molar-refractivity contribution is 5.92. The Morgan fingerprint density at radius 3 is 2.80 bits per heavy atom. The number of aromatic nitrogens is 1. The summed E-state index contributed by atoms with van der Waals surface area (Å²) in [6.45, 7) is 3.02. The maximum Gasteiger partial charge on any atom is 0.272 e. The Kier molecular flexibility index (Phi) is 5.82. The third-order valence-corrected chi connectivity index (χ3v) is 2.47. The van der Waals surface area contributed by atoms with Gasteiger partial charge in [0.05, 0.1) is 0 Å². The fourth-order valence-electron chi connectivity index (χ4n) is 1.24. The van der Waals surface area contributed by atoms with Gasteiger partial charge in [-0.2, -0.15) is 0 Å². The van der Waals surface area contributed by atoms with E-state index in [1.807, 2.05) is 0 Å². The van der Waals surface area contributed by atoms with Gasteiger partial charge in [-0.05, 0) is 6.07 Å². The van der Waals surface area contributed by atoms with E-state index in [2.05, 4.69) is 10.3 Å². The Morgan fingerprint density at radius 2 is 2.20 bits per heavy atom. The van der Waals surface area contributed by atoms with E-state index in [4.69, 9.17) is 9.84 Å². The van der Waals surface area contributed by atoms with Crippen LogP contribution in [-0.4, -0.2) is 42.2 Å². The third-order valence-electron chi connectivity index (χ3n) is 2.47. The molecular weight excluding hydrogens is 270 g/mol. The van der Waals surface area contributed by atoms with Crippen LogP contribution >= 0.6 is 0 Å². The van der Waals surface area contributed by atoms with Crippen LogP contribution in [0, 0.1) is 5.41 Å². The number of carbonyl (C=O) groups is 1. The lowest BCUT2D eigenvalue weighted by atomic mass is 9.95. The number of nitrogens with zero attached hydrogens (tertiary/aromatic N) is 1. The molecule has 0 bridgehead atoms. The number of carbonyl (C=O) groups excluding carboxylic acids is 1. The van der Waals surface area contributed by atoms with E-state index >= 15 is 0 Å². The van der Waals surface area contributed by atoms with Gasteiger partial charge in [-0.25, -0.2) is 13.8 Å². The number of halogens is 2. The van der Waals surface area contributed by atoms with Crippen LogP contribution in [-0.2, 0) is 0 Å². The largest absolute Gasteiger partial charge is 0.472 e. The normalized spacial score (nSPS) is 11.5. The van der Waals surface area contributed by atoms with Crippen LogP contribution < -0.4 is 10.1 Å². The number of ether oxygens (including phenoxy) is 1. The van der Waals surface area contributed by atoms with Crippen LogP contribution in [0.1, 0.15) is 24.3 Å². The van der Waals surface area contributed by atoms with Crippen molar-refractivity contribution in [3.8, 4) is 5.88 Å². The van der Waals surface area contributed by atoms with Gasteiger partial charge in [-0.15, -0.1) is 0 Å². The summed E-state index contributed by atoms with van der Waals surface area (Å²) in [5, 5.41) is 11.7. The van der Waals surface area contributed by atoms with Gasteiger partial charge in [0.2, 0.25) is 5.88 Å². The van der Waals surface area contributed by atoms with Gasteiger partial charge in [-0.3, -0.25) is 4.79 Å². The molecule has 0 fully saturated rings. The molecule has 0 aliphatic heterocycles. The molecule has 0 saturated carbocycles. The average Bonchev–Trinajstić information content (AvgIpc) is 2.43. The summed E-state index contributed by atoms with van der Waals surface area (Å²) in [6, 6.07) is 4.35. The van der Waals surface area contributed by atoms with Gasteiger partial charge in [0, 0.05) is 24.6 Å². The standard InChI is InChI=1S/C13H18F2N2O3/c1-13(2,8-18)7-16-12(19)9-4-3-5-11(17-9)20-6-10(14)15/h3-5,10,18H,6-8H2,1-2H3,(H,16,19). The molecule has 0 aromatic carbocycles. The first kappa shape index (κ1) is 16.3. The molecule has 1 aromatic heterocycles. The SMILES string of the molecule is CC(C)(CO)CNC(=O)c1cccc(OCC(F)F)n1. The zero-order chi connectivity index (χ0) is 15.2. The van der Waals surface area contributed by atoms with Crippen molar-refractivity contribution < 1.29 is 23.4 Å². The molecule has 1 heterocycles. The number of aliphatic hydroxyl groups is 1. The highest BCUT2D eigenvalue weighted by atomic mass is 19.3. The predicted molar refractivity (Wildman–Crippen MR) is 68.9 cm³/mol. The van der Waals surface area contributed by atoms with Crippen molar-refractivity contribution in [3.63, 3.8) is 0 Å². The lowest BCUT2D eigenvalue weighted by Gasteiger charge is -2.21. The number of aliphatic hydroxyl groups excluding tert-OH is 1. The van der Waals surface area contributed by atoms with Crippen LogP contribution in [0.15, 0.2) is 18.2 Å².